The largest absolute Gasteiger partial charge is 0.393 e. The van der Waals surface area contributed by atoms with E-state index < -0.39 is 0 Å². The molecule has 1 aromatic rings. The van der Waals surface area contributed by atoms with Gasteiger partial charge in [-0.05, 0) is 43.9 Å². The van der Waals surface area contributed by atoms with Crippen molar-refractivity contribution in [3.8, 4) is 6.07 Å². The van der Waals surface area contributed by atoms with Gasteiger partial charge in [-0.25, -0.2) is 0 Å². The first-order valence-electron chi connectivity index (χ1n) is 7.62. The summed E-state index contributed by atoms with van der Waals surface area (Å²) in [6.07, 6.45) is 5.46. The number of hydrogen-bond acceptors (Lipinski definition) is 3. The fourth-order valence-electron chi connectivity index (χ4n) is 4.00. The number of nitriles is 1. The first-order valence-corrected chi connectivity index (χ1v) is 7.62. The van der Waals surface area contributed by atoms with Crippen LogP contribution in [0.3, 0.4) is 0 Å². The maximum Gasteiger partial charge on any atom is 0.0995 e. The van der Waals surface area contributed by atoms with E-state index in [9.17, 15) is 10.4 Å². The van der Waals surface area contributed by atoms with Crippen LogP contribution in [0.15, 0.2) is 24.3 Å². The Bertz CT molecular complexity index is 522. The van der Waals surface area contributed by atoms with Crippen molar-refractivity contribution in [3.05, 3.63) is 35.4 Å². The summed E-state index contributed by atoms with van der Waals surface area (Å²) < 4.78 is 0. The Labute approximate surface area is 120 Å². The van der Waals surface area contributed by atoms with Gasteiger partial charge in [-0.3, -0.25) is 4.90 Å². The minimum absolute atomic E-state index is 0.125. The number of benzene rings is 1. The van der Waals surface area contributed by atoms with Gasteiger partial charge in [-0.1, -0.05) is 24.6 Å². The minimum Gasteiger partial charge on any atom is -0.393 e. The van der Waals surface area contributed by atoms with E-state index in [-0.39, 0.29) is 11.5 Å². The lowest BCUT2D eigenvalue weighted by molar-refractivity contribution is -0.0120. The van der Waals surface area contributed by atoms with E-state index in [1.807, 2.05) is 24.3 Å². The Morgan fingerprint density at radius 2 is 2.10 bits per heavy atom. The second kappa shape index (κ2) is 5.55. The average molecular weight is 270 g/mol. The van der Waals surface area contributed by atoms with E-state index in [0.717, 1.165) is 62.9 Å². The maximum absolute atomic E-state index is 10.3. The van der Waals surface area contributed by atoms with Crippen molar-refractivity contribution < 1.29 is 5.11 Å². The van der Waals surface area contributed by atoms with Crippen molar-refractivity contribution >= 4 is 0 Å². The second-order valence-electron chi connectivity index (χ2n) is 6.35. The van der Waals surface area contributed by atoms with Crippen molar-refractivity contribution in [1.82, 2.24) is 4.90 Å². The summed E-state index contributed by atoms with van der Waals surface area (Å²) in [5.41, 5.74) is 2.01. The lowest BCUT2D eigenvalue weighted by Gasteiger charge is -2.42. The molecule has 0 amide bonds. The van der Waals surface area contributed by atoms with Crippen LogP contribution in [0.25, 0.3) is 0 Å². The quantitative estimate of drug-likeness (QED) is 0.898. The summed E-state index contributed by atoms with van der Waals surface area (Å²) in [6, 6.07) is 10.1. The molecule has 1 aliphatic carbocycles. The Balaban J connectivity index is 1.73. The third-order valence-electron chi connectivity index (χ3n) is 5.08. The number of hydrogen-bond donors (Lipinski definition) is 1. The predicted molar refractivity (Wildman–Crippen MR) is 78.0 cm³/mol. The summed E-state index contributed by atoms with van der Waals surface area (Å²) >= 11 is 0. The smallest absolute Gasteiger partial charge is 0.0995 e. The van der Waals surface area contributed by atoms with Crippen molar-refractivity contribution in [2.75, 3.05) is 13.1 Å². The van der Waals surface area contributed by atoms with Crippen molar-refractivity contribution in [1.29, 1.82) is 5.26 Å². The molecule has 3 nitrogen and oxygen atoms in total. The highest BCUT2D eigenvalue weighted by Crippen LogP contribution is 2.45. The Morgan fingerprint density at radius 3 is 2.85 bits per heavy atom. The zero-order valence-corrected chi connectivity index (χ0v) is 11.9. The van der Waals surface area contributed by atoms with Gasteiger partial charge >= 0.3 is 0 Å². The Morgan fingerprint density at radius 1 is 1.30 bits per heavy atom. The van der Waals surface area contributed by atoms with Crippen LogP contribution in [0.4, 0.5) is 0 Å². The van der Waals surface area contributed by atoms with Gasteiger partial charge in [0.2, 0.25) is 0 Å². The van der Waals surface area contributed by atoms with Crippen LogP contribution in [0.5, 0.6) is 0 Å². The summed E-state index contributed by atoms with van der Waals surface area (Å²) in [4.78, 5) is 2.42. The summed E-state index contributed by atoms with van der Waals surface area (Å²) in [6.45, 7) is 2.89. The number of piperidine rings is 1. The fourth-order valence-corrected chi connectivity index (χ4v) is 4.00. The molecule has 1 saturated heterocycles. The lowest BCUT2D eigenvalue weighted by Crippen LogP contribution is -2.46. The van der Waals surface area contributed by atoms with Gasteiger partial charge < -0.3 is 5.11 Å². The van der Waals surface area contributed by atoms with Gasteiger partial charge in [0.15, 0.2) is 0 Å². The zero-order valence-electron chi connectivity index (χ0n) is 11.9. The van der Waals surface area contributed by atoms with Gasteiger partial charge in [0.25, 0.3) is 0 Å². The molecule has 0 unspecified atom stereocenters. The third-order valence-corrected chi connectivity index (χ3v) is 5.08. The van der Waals surface area contributed by atoms with Crippen LogP contribution in [-0.2, 0) is 6.54 Å². The zero-order chi connectivity index (χ0) is 14.0. The predicted octanol–water partition coefficient (Wildman–Crippen LogP) is 2.69. The highest BCUT2D eigenvalue weighted by atomic mass is 16.3. The molecule has 1 heterocycles. The first kappa shape index (κ1) is 13.6. The highest BCUT2D eigenvalue weighted by molar-refractivity contribution is 5.37. The van der Waals surface area contributed by atoms with Gasteiger partial charge in [0.1, 0.15) is 0 Å². The van der Waals surface area contributed by atoms with Crippen LogP contribution in [0.2, 0.25) is 0 Å². The molecule has 1 spiro atoms. The minimum atomic E-state index is -0.128. The highest BCUT2D eigenvalue weighted by Gasteiger charge is 2.44. The Kier molecular flexibility index (Phi) is 3.78. The summed E-state index contributed by atoms with van der Waals surface area (Å²) in [5.74, 6) is 0. The fraction of sp³-hybridized carbons (Fsp3) is 0.588. The monoisotopic (exact) mass is 270 g/mol. The molecule has 0 radical (unpaired) electrons. The molecule has 3 heteroatoms. The van der Waals surface area contributed by atoms with Crippen molar-refractivity contribution in [2.45, 2.75) is 44.8 Å². The second-order valence-corrected chi connectivity index (χ2v) is 6.35. The first-order chi connectivity index (χ1) is 9.73. The van der Waals surface area contributed by atoms with Crippen LogP contribution in [-0.4, -0.2) is 29.2 Å². The topological polar surface area (TPSA) is 47.3 Å². The molecule has 2 fully saturated rings. The molecule has 20 heavy (non-hydrogen) atoms. The molecule has 0 bridgehead atoms. The standard InChI is InChI=1S/C17H22N2O/c18-11-14-5-1-2-6-15(14)12-19-10-4-9-17(13-19)8-3-7-16(17)20/h1-2,5-6,16,20H,3-4,7-10,12-13H2/t16-,17+/m1/s1. The van der Waals surface area contributed by atoms with Crippen LogP contribution in [0.1, 0.15) is 43.2 Å². The number of likely N-dealkylation sites (tertiary alicyclic amines) is 1. The third kappa shape index (κ3) is 2.46. The van der Waals surface area contributed by atoms with Gasteiger partial charge in [-0.2, -0.15) is 5.26 Å². The van der Waals surface area contributed by atoms with Crippen LogP contribution >= 0.6 is 0 Å². The van der Waals surface area contributed by atoms with Gasteiger partial charge in [-0.15, -0.1) is 0 Å². The normalized spacial score (nSPS) is 30.5. The van der Waals surface area contributed by atoms with E-state index >= 15 is 0 Å². The average Bonchev–Trinajstić information content (AvgIpc) is 2.80. The van der Waals surface area contributed by atoms with E-state index in [0.29, 0.717) is 0 Å². The molecule has 3 rings (SSSR count). The molecular weight excluding hydrogens is 248 g/mol. The molecule has 106 valence electrons. The SMILES string of the molecule is N#Cc1ccccc1CN1CCC[C@@]2(CCC[C@H]2O)C1. The molecule has 1 aromatic carbocycles. The molecule has 2 aliphatic rings. The molecule has 1 saturated carbocycles. The lowest BCUT2D eigenvalue weighted by atomic mass is 9.76. The van der Waals surface area contributed by atoms with Crippen LogP contribution in [0, 0.1) is 16.7 Å². The Hall–Kier alpha value is -1.37. The number of nitrogens with zero attached hydrogens (tertiary/aromatic N) is 2. The van der Waals surface area contributed by atoms with E-state index in [2.05, 4.69) is 11.0 Å². The molecule has 1 N–H and O–H groups in total. The summed E-state index contributed by atoms with van der Waals surface area (Å²) in [7, 11) is 0. The molecule has 1 aliphatic heterocycles. The van der Waals surface area contributed by atoms with E-state index in [1.165, 1.54) is 0 Å². The van der Waals surface area contributed by atoms with Crippen molar-refractivity contribution in [3.63, 3.8) is 0 Å². The molecule has 2 atom stereocenters. The van der Waals surface area contributed by atoms with E-state index in [4.69, 9.17) is 0 Å². The number of aliphatic hydroxyl groups excluding tert-OH is 1. The van der Waals surface area contributed by atoms with Crippen LogP contribution < -0.4 is 0 Å². The van der Waals surface area contributed by atoms with Crippen molar-refractivity contribution in [2.24, 2.45) is 5.41 Å². The molecular formula is C17H22N2O. The van der Waals surface area contributed by atoms with Gasteiger partial charge in [0.05, 0.1) is 17.7 Å². The number of aliphatic hydroxyl groups is 1. The number of rotatable bonds is 2. The van der Waals surface area contributed by atoms with Gasteiger partial charge in [0, 0.05) is 18.5 Å². The van der Waals surface area contributed by atoms with E-state index in [1.54, 1.807) is 0 Å². The molecule has 0 aromatic heterocycles. The maximum atomic E-state index is 10.3. The summed E-state index contributed by atoms with van der Waals surface area (Å²) in [5, 5.41) is 19.5.